The smallest absolute Gasteiger partial charge is 0.210 e. The van der Waals surface area contributed by atoms with Crippen LogP contribution in [0.5, 0.6) is 0 Å². The Bertz CT molecular complexity index is 597. The zero-order valence-corrected chi connectivity index (χ0v) is 15.9. The van der Waals surface area contributed by atoms with Crippen LogP contribution in [0, 0.1) is 23.6 Å². The molecule has 0 heterocycles. The van der Waals surface area contributed by atoms with E-state index in [2.05, 4.69) is 0 Å². The van der Waals surface area contributed by atoms with Crippen molar-refractivity contribution in [3.8, 4) is 0 Å². The number of rotatable bonds is 5. The second kappa shape index (κ2) is 9.30. The van der Waals surface area contributed by atoms with E-state index in [1.807, 2.05) is 12.1 Å². The van der Waals surface area contributed by atoms with Crippen molar-refractivity contribution in [1.29, 1.82) is 0 Å². The van der Waals surface area contributed by atoms with Crippen molar-refractivity contribution >= 4 is 11.6 Å². The molecule has 2 fully saturated rings. The standard InChI is InChI=1S/C22H28ClF3/c23-20-13-12-19(14-21(20)24)18-10-8-17(9-11-18)16-6-4-15(5-7-16)2-1-3-22(25)26/h1-2,12-18,22H,3-11H2. The molecule has 2 aliphatic rings. The van der Waals surface area contributed by atoms with Gasteiger partial charge >= 0.3 is 0 Å². The van der Waals surface area contributed by atoms with Gasteiger partial charge in [-0.2, -0.15) is 0 Å². The van der Waals surface area contributed by atoms with E-state index in [1.165, 1.54) is 25.7 Å². The van der Waals surface area contributed by atoms with E-state index in [9.17, 15) is 13.2 Å². The summed E-state index contributed by atoms with van der Waals surface area (Å²) in [5.41, 5.74) is 1.08. The maximum atomic E-state index is 13.7. The van der Waals surface area contributed by atoms with Crippen LogP contribution < -0.4 is 0 Å². The Labute approximate surface area is 159 Å². The number of hydrogen-bond acceptors (Lipinski definition) is 0. The van der Waals surface area contributed by atoms with Gasteiger partial charge in [0.25, 0.3) is 0 Å². The minimum absolute atomic E-state index is 0.116. The third-order valence-electron chi connectivity index (χ3n) is 6.39. The molecule has 1 aromatic rings. The average molecular weight is 385 g/mol. The molecule has 144 valence electrons. The van der Waals surface area contributed by atoms with Gasteiger partial charge in [-0.05, 0) is 92.7 Å². The predicted octanol–water partition coefficient (Wildman–Crippen LogP) is 7.77. The SMILES string of the molecule is Fc1cc(C2CCC(C3CCC(C=CCC(F)F)CC3)CC2)ccc1Cl. The quantitative estimate of drug-likeness (QED) is 0.455. The van der Waals surface area contributed by atoms with Crippen LogP contribution in [0.15, 0.2) is 30.4 Å². The van der Waals surface area contributed by atoms with Crippen molar-refractivity contribution < 1.29 is 13.2 Å². The molecule has 0 amide bonds. The molecule has 0 spiro atoms. The van der Waals surface area contributed by atoms with Crippen LogP contribution in [0.1, 0.15) is 69.3 Å². The zero-order valence-electron chi connectivity index (χ0n) is 15.1. The Kier molecular flexibility index (Phi) is 7.08. The zero-order chi connectivity index (χ0) is 18.5. The first-order chi connectivity index (χ1) is 12.5. The Balaban J connectivity index is 1.44. The number of allylic oxidation sites excluding steroid dienone is 2. The first-order valence-electron chi connectivity index (χ1n) is 9.92. The summed E-state index contributed by atoms with van der Waals surface area (Å²) in [7, 11) is 0. The van der Waals surface area contributed by atoms with Gasteiger partial charge in [-0.15, -0.1) is 0 Å². The van der Waals surface area contributed by atoms with Crippen LogP contribution in [-0.4, -0.2) is 6.43 Å². The first-order valence-corrected chi connectivity index (χ1v) is 10.3. The van der Waals surface area contributed by atoms with Gasteiger partial charge in [0.05, 0.1) is 5.02 Å². The van der Waals surface area contributed by atoms with Crippen LogP contribution in [0.4, 0.5) is 13.2 Å². The molecule has 0 aromatic heterocycles. The molecule has 1 aromatic carbocycles. The summed E-state index contributed by atoms with van der Waals surface area (Å²) in [5.74, 6) is 2.17. The molecule has 0 unspecified atom stereocenters. The second-order valence-corrected chi connectivity index (χ2v) is 8.42. The fourth-order valence-corrected chi connectivity index (χ4v) is 4.99. The second-order valence-electron chi connectivity index (χ2n) is 8.02. The van der Waals surface area contributed by atoms with Gasteiger partial charge in [0.2, 0.25) is 6.43 Å². The summed E-state index contributed by atoms with van der Waals surface area (Å²) in [4.78, 5) is 0. The largest absolute Gasteiger partial charge is 0.242 e. The van der Waals surface area contributed by atoms with E-state index in [-0.39, 0.29) is 17.3 Å². The van der Waals surface area contributed by atoms with Crippen LogP contribution in [0.25, 0.3) is 0 Å². The van der Waals surface area contributed by atoms with Crippen molar-refractivity contribution in [2.24, 2.45) is 17.8 Å². The topological polar surface area (TPSA) is 0 Å². The van der Waals surface area contributed by atoms with Crippen molar-refractivity contribution in [3.05, 3.63) is 46.8 Å². The molecule has 0 saturated heterocycles. The van der Waals surface area contributed by atoms with E-state index in [0.717, 1.165) is 43.1 Å². The lowest BCUT2D eigenvalue weighted by Gasteiger charge is -2.37. The summed E-state index contributed by atoms with van der Waals surface area (Å²) < 4.78 is 38.1. The fourth-order valence-electron chi connectivity index (χ4n) is 4.87. The summed E-state index contributed by atoms with van der Waals surface area (Å²) >= 11 is 5.79. The number of benzene rings is 1. The minimum atomic E-state index is -2.23. The summed E-state index contributed by atoms with van der Waals surface area (Å²) in [6.45, 7) is 0. The number of alkyl halides is 2. The van der Waals surface area contributed by atoms with Gasteiger partial charge < -0.3 is 0 Å². The summed E-state index contributed by atoms with van der Waals surface area (Å²) in [5, 5.41) is 0.196. The Morgan fingerprint density at radius 2 is 1.58 bits per heavy atom. The molecule has 0 bridgehead atoms. The molecular formula is C22H28ClF3. The van der Waals surface area contributed by atoms with Crippen LogP contribution in [-0.2, 0) is 0 Å². The Morgan fingerprint density at radius 1 is 0.962 bits per heavy atom. The first kappa shape index (κ1) is 19.8. The van der Waals surface area contributed by atoms with E-state index in [1.54, 1.807) is 18.2 Å². The number of halogens is 4. The summed E-state index contributed by atoms with van der Waals surface area (Å²) in [6.07, 6.45) is 10.7. The van der Waals surface area contributed by atoms with Gasteiger partial charge in [0, 0.05) is 6.42 Å². The molecule has 2 saturated carbocycles. The lowest BCUT2D eigenvalue weighted by Crippen LogP contribution is -2.25. The molecule has 4 heteroatoms. The van der Waals surface area contributed by atoms with Crippen molar-refractivity contribution in [3.63, 3.8) is 0 Å². The van der Waals surface area contributed by atoms with E-state index in [4.69, 9.17) is 11.6 Å². The van der Waals surface area contributed by atoms with Gasteiger partial charge in [0.1, 0.15) is 5.82 Å². The molecule has 0 atom stereocenters. The maximum absolute atomic E-state index is 13.7. The van der Waals surface area contributed by atoms with Crippen molar-refractivity contribution in [2.45, 2.75) is 70.1 Å². The average Bonchev–Trinajstić information content (AvgIpc) is 2.64. The lowest BCUT2D eigenvalue weighted by atomic mass is 9.68. The fraction of sp³-hybridized carbons (Fsp3) is 0.636. The molecular weight excluding hydrogens is 357 g/mol. The molecule has 2 aliphatic carbocycles. The van der Waals surface area contributed by atoms with E-state index in [0.29, 0.717) is 11.8 Å². The third-order valence-corrected chi connectivity index (χ3v) is 6.70. The van der Waals surface area contributed by atoms with Gasteiger partial charge in [0.15, 0.2) is 0 Å². The maximum Gasteiger partial charge on any atom is 0.242 e. The Hall–Kier alpha value is -0.960. The van der Waals surface area contributed by atoms with E-state index >= 15 is 0 Å². The highest BCUT2D eigenvalue weighted by atomic mass is 35.5. The molecule has 0 N–H and O–H groups in total. The molecule has 26 heavy (non-hydrogen) atoms. The van der Waals surface area contributed by atoms with Crippen LogP contribution in [0.3, 0.4) is 0 Å². The predicted molar refractivity (Wildman–Crippen MR) is 101 cm³/mol. The molecule has 0 nitrogen and oxygen atoms in total. The summed E-state index contributed by atoms with van der Waals surface area (Å²) in [6, 6.07) is 5.23. The molecule has 3 rings (SSSR count). The minimum Gasteiger partial charge on any atom is -0.210 e. The van der Waals surface area contributed by atoms with Gasteiger partial charge in [-0.3, -0.25) is 0 Å². The van der Waals surface area contributed by atoms with Crippen molar-refractivity contribution in [2.75, 3.05) is 0 Å². The normalized spacial score (nSPS) is 30.2. The monoisotopic (exact) mass is 384 g/mol. The van der Waals surface area contributed by atoms with Gasteiger partial charge in [-0.1, -0.05) is 29.8 Å². The van der Waals surface area contributed by atoms with Gasteiger partial charge in [-0.25, -0.2) is 13.2 Å². The molecule has 0 radical (unpaired) electrons. The lowest BCUT2D eigenvalue weighted by molar-refractivity contribution is 0.151. The van der Waals surface area contributed by atoms with E-state index < -0.39 is 6.43 Å². The van der Waals surface area contributed by atoms with Crippen LogP contribution in [0.2, 0.25) is 5.02 Å². The highest BCUT2D eigenvalue weighted by Gasteiger charge is 2.30. The van der Waals surface area contributed by atoms with Crippen LogP contribution >= 0.6 is 11.6 Å². The highest BCUT2D eigenvalue weighted by Crippen LogP contribution is 2.44. The van der Waals surface area contributed by atoms with Crippen molar-refractivity contribution in [1.82, 2.24) is 0 Å². The third kappa shape index (κ3) is 5.28. The number of hydrogen-bond donors (Lipinski definition) is 0. The highest BCUT2D eigenvalue weighted by molar-refractivity contribution is 6.30. The molecule has 0 aliphatic heterocycles. The Morgan fingerprint density at radius 3 is 2.15 bits per heavy atom.